The lowest BCUT2D eigenvalue weighted by Crippen LogP contribution is -2.39. The third kappa shape index (κ3) is 3.04. The Morgan fingerprint density at radius 1 is 1.44 bits per heavy atom. The van der Waals surface area contributed by atoms with Crippen molar-refractivity contribution in [2.75, 3.05) is 5.32 Å². The number of hydrogen-bond acceptors (Lipinski definition) is 4. The van der Waals surface area contributed by atoms with Crippen LogP contribution in [0, 0.1) is 23.0 Å². The second kappa shape index (κ2) is 5.59. The minimum Gasteiger partial charge on any atom is -0.324 e. The maximum absolute atomic E-state index is 11.8. The van der Waals surface area contributed by atoms with Gasteiger partial charge >= 0.3 is 0 Å². The first-order valence-corrected chi connectivity index (χ1v) is 5.65. The molecule has 0 saturated heterocycles. The molecule has 0 aliphatic carbocycles. The number of carbonyl (C=O) groups is 1. The SMILES string of the molecule is Cc1c(NC(=O)[C@@H](N)C(C)C)cccc1[N+](=O)[O-]. The van der Waals surface area contributed by atoms with E-state index in [0.717, 1.165) is 0 Å². The first-order chi connectivity index (χ1) is 8.34. The Labute approximate surface area is 105 Å². The largest absolute Gasteiger partial charge is 0.324 e. The molecule has 0 radical (unpaired) electrons. The van der Waals surface area contributed by atoms with Gasteiger partial charge in [-0.15, -0.1) is 0 Å². The van der Waals surface area contributed by atoms with E-state index in [-0.39, 0.29) is 17.5 Å². The molecular formula is C12H17N3O3. The monoisotopic (exact) mass is 251 g/mol. The second-order valence-corrected chi connectivity index (χ2v) is 4.47. The standard InChI is InChI=1S/C12H17N3O3/c1-7(2)11(13)12(16)14-9-5-4-6-10(8(9)3)15(17)18/h4-7,11H,13H2,1-3H3,(H,14,16)/t11-/m0/s1. The molecule has 6 heteroatoms. The van der Waals surface area contributed by atoms with E-state index in [1.165, 1.54) is 12.1 Å². The summed E-state index contributed by atoms with van der Waals surface area (Å²) in [5, 5.41) is 13.4. The molecule has 0 bridgehead atoms. The number of carbonyl (C=O) groups excluding carboxylic acids is 1. The highest BCUT2D eigenvalue weighted by atomic mass is 16.6. The van der Waals surface area contributed by atoms with E-state index in [1.54, 1.807) is 13.0 Å². The summed E-state index contributed by atoms with van der Waals surface area (Å²) < 4.78 is 0. The molecule has 0 aliphatic heterocycles. The van der Waals surface area contributed by atoms with Gasteiger partial charge in [-0.2, -0.15) is 0 Å². The maximum atomic E-state index is 11.8. The van der Waals surface area contributed by atoms with E-state index in [1.807, 2.05) is 13.8 Å². The van der Waals surface area contributed by atoms with Gasteiger partial charge in [0.25, 0.3) is 5.69 Å². The predicted molar refractivity (Wildman–Crippen MR) is 69.3 cm³/mol. The third-order valence-corrected chi connectivity index (χ3v) is 2.78. The van der Waals surface area contributed by atoms with Crippen LogP contribution in [-0.4, -0.2) is 16.9 Å². The van der Waals surface area contributed by atoms with Crippen LogP contribution in [0.4, 0.5) is 11.4 Å². The van der Waals surface area contributed by atoms with Gasteiger partial charge in [0.05, 0.1) is 22.2 Å². The van der Waals surface area contributed by atoms with Crippen LogP contribution in [-0.2, 0) is 4.79 Å². The van der Waals surface area contributed by atoms with Gasteiger partial charge in [0.1, 0.15) is 0 Å². The Morgan fingerprint density at radius 3 is 2.56 bits per heavy atom. The van der Waals surface area contributed by atoms with E-state index in [0.29, 0.717) is 11.3 Å². The Kier molecular flexibility index (Phi) is 4.38. The maximum Gasteiger partial charge on any atom is 0.274 e. The summed E-state index contributed by atoms with van der Waals surface area (Å²) in [7, 11) is 0. The summed E-state index contributed by atoms with van der Waals surface area (Å²) in [6.45, 7) is 5.27. The summed E-state index contributed by atoms with van der Waals surface area (Å²) in [6, 6.07) is 3.91. The molecule has 0 unspecified atom stereocenters. The van der Waals surface area contributed by atoms with Crippen LogP contribution < -0.4 is 11.1 Å². The quantitative estimate of drug-likeness (QED) is 0.630. The lowest BCUT2D eigenvalue weighted by molar-refractivity contribution is -0.385. The van der Waals surface area contributed by atoms with Crippen LogP contribution >= 0.6 is 0 Å². The Bertz CT molecular complexity index is 472. The molecule has 1 aromatic rings. The van der Waals surface area contributed by atoms with Crippen molar-refractivity contribution in [2.45, 2.75) is 26.8 Å². The number of anilines is 1. The van der Waals surface area contributed by atoms with Gasteiger partial charge in [-0.1, -0.05) is 19.9 Å². The molecule has 0 spiro atoms. The molecule has 3 N–H and O–H groups in total. The smallest absolute Gasteiger partial charge is 0.274 e. The molecular weight excluding hydrogens is 234 g/mol. The van der Waals surface area contributed by atoms with Crippen molar-refractivity contribution in [3.63, 3.8) is 0 Å². The minimum atomic E-state index is -0.635. The van der Waals surface area contributed by atoms with Gasteiger partial charge in [0.15, 0.2) is 0 Å². The molecule has 6 nitrogen and oxygen atoms in total. The topological polar surface area (TPSA) is 98.3 Å². The van der Waals surface area contributed by atoms with E-state index in [2.05, 4.69) is 5.32 Å². The molecule has 0 saturated carbocycles. The minimum absolute atomic E-state index is 0.00371. The van der Waals surface area contributed by atoms with Gasteiger partial charge in [0.2, 0.25) is 5.91 Å². The molecule has 0 fully saturated rings. The first-order valence-electron chi connectivity index (χ1n) is 5.65. The first kappa shape index (κ1) is 14.1. The number of benzene rings is 1. The van der Waals surface area contributed by atoms with Crippen LogP contribution in [0.3, 0.4) is 0 Å². The van der Waals surface area contributed by atoms with E-state index in [9.17, 15) is 14.9 Å². The summed E-state index contributed by atoms with van der Waals surface area (Å²) in [4.78, 5) is 22.1. The van der Waals surface area contributed by atoms with Gasteiger partial charge in [0, 0.05) is 6.07 Å². The zero-order chi connectivity index (χ0) is 13.9. The normalized spacial score (nSPS) is 12.3. The van der Waals surface area contributed by atoms with Crippen molar-refractivity contribution >= 4 is 17.3 Å². The van der Waals surface area contributed by atoms with Crippen molar-refractivity contribution in [2.24, 2.45) is 11.7 Å². The van der Waals surface area contributed by atoms with Crippen molar-refractivity contribution in [1.82, 2.24) is 0 Å². The molecule has 18 heavy (non-hydrogen) atoms. The number of rotatable bonds is 4. The summed E-state index contributed by atoms with van der Waals surface area (Å²) in [6.07, 6.45) is 0. The molecule has 0 aliphatic rings. The summed E-state index contributed by atoms with van der Waals surface area (Å²) >= 11 is 0. The van der Waals surface area contributed by atoms with Crippen LogP contribution in [0.25, 0.3) is 0 Å². The number of nitrogens with zero attached hydrogens (tertiary/aromatic N) is 1. The molecule has 1 rings (SSSR count). The highest BCUT2D eigenvalue weighted by Crippen LogP contribution is 2.25. The molecule has 1 amide bonds. The Balaban J connectivity index is 2.96. The van der Waals surface area contributed by atoms with Crippen LogP contribution in [0.2, 0.25) is 0 Å². The molecule has 0 heterocycles. The van der Waals surface area contributed by atoms with Crippen molar-refractivity contribution in [3.05, 3.63) is 33.9 Å². The highest BCUT2D eigenvalue weighted by molar-refractivity contribution is 5.95. The number of nitrogens with one attached hydrogen (secondary N) is 1. The number of nitro groups is 1. The van der Waals surface area contributed by atoms with Crippen molar-refractivity contribution in [3.8, 4) is 0 Å². The molecule has 1 aromatic carbocycles. The average Bonchev–Trinajstić information content (AvgIpc) is 2.30. The van der Waals surface area contributed by atoms with Gasteiger partial charge in [-0.25, -0.2) is 0 Å². The zero-order valence-electron chi connectivity index (χ0n) is 10.6. The summed E-state index contributed by atoms with van der Waals surface area (Å²) in [5.74, 6) is -0.336. The molecule has 1 atom stereocenters. The lowest BCUT2D eigenvalue weighted by atomic mass is 10.0. The number of nitrogens with two attached hydrogens (primary N) is 1. The molecule has 0 aromatic heterocycles. The van der Waals surface area contributed by atoms with Crippen molar-refractivity contribution in [1.29, 1.82) is 0 Å². The van der Waals surface area contributed by atoms with E-state index < -0.39 is 11.0 Å². The third-order valence-electron chi connectivity index (χ3n) is 2.78. The van der Waals surface area contributed by atoms with E-state index in [4.69, 9.17) is 5.73 Å². The van der Waals surface area contributed by atoms with Gasteiger partial charge in [-0.05, 0) is 18.9 Å². The highest BCUT2D eigenvalue weighted by Gasteiger charge is 2.20. The number of nitro benzene ring substituents is 1. The van der Waals surface area contributed by atoms with Crippen molar-refractivity contribution < 1.29 is 9.72 Å². The zero-order valence-corrected chi connectivity index (χ0v) is 10.6. The predicted octanol–water partition coefficient (Wildman–Crippen LogP) is 1.83. The Hall–Kier alpha value is -1.95. The average molecular weight is 251 g/mol. The van der Waals surface area contributed by atoms with Crippen LogP contribution in [0.1, 0.15) is 19.4 Å². The fourth-order valence-corrected chi connectivity index (χ4v) is 1.48. The lowest BCUT2D eigenvalue weighted by Gasteiger charge is -2.16. The molecule has 98 valence electrons. The number of hydrogen-bond donors (Lipinski definition) is 2. The summed E-state index contributed by atoms with van der Waals surface area (Å²) in [5.41, 5.74) is 6.53. The number of amides is 1. The fraction of sp³-hybridized carbons (Fsp3) is 0.417. The second-order valence-electron chi connectivity index (χ2n) is 4.47. The fourth-order valence-electron chi connectivity index (χ4n) is 1.48. The van der Waals surface area contributed by atoms with Gasteiger partial charge in [-0.3, -0.25) is 14.9 Å². The van der Waals surface area contributed by atoms with Crippen LogP contribution in [0.15, 0.2) is 18.2 Å². The van der Waals surface area contributed by atoms with Gasteiger partial charge < -0.3 is 11.1 Å². The van der Waals surface area contributed by atoms with Crippen LogP contribution in [0.5, 0.6) is 0 Å². The van der Waals surface area contributed by atoms with E-state index >= 15 is 0 Å². The Morgan fingerprint density at radius 2 is 2.06 bits per heavy atom.